The van der Waals surface area contributed by atoms with Gasteiger partial charge in [0.2, 0.25) is 0 Å². The Balaban J connectivity index is 1.95. The molecule has 1 aliphatic rings. The van der Waals surface area contributed by atoms with Crippen molar-refractivity contribution in [3.63, 3.8) is 0 Å². The van der Waals surface area contributed by atoms with E-state index in [2.05, 4.69) is 4.90 Å². The second-order valence-electron chi connectivity index (χ2n) is 6.98. The van der Waals surface area contributed by atoms with Gasteiger partial charge in [0.1, 0.15) is 22.8 Å². The van der Waals surface area contributed by atoms with Crippen molar-refractivity contribution >= 4 is 11.9 Å². The van der Waals surface area contributed by atoms with Crippen LogP contribution in [0.15, 0.2) is 36.4 Å². The number of aryl methyl sites for hydroxylation is 1. The van der Waals surface area contributed by atoms with Crippen LogP contribution in [0, 0.1) is 6.92 Å². The third-order valence-electron chi connectivity index (χ3n) is 4.97. The highest BCUT2D eigenvalue weighted by molar-refractivity contribution is 6.11. The molecular formula is C23H27NO5. The highest BCUT2D eigenvalue weighted by Gasteiger charge is 2.25. The van der Waals surface area contributed by atoms with Gasteiger partial charge in [0.15, 0.2) is 5.78 Å². The first kappa shape index (κ1) is 20.9. The molecule has 0 radical (unpaired) electrons. The van der Waals surface area contributed by atoms with E-state index in [0.29, 0.717) is 31.1 Å². The summed E-state index contributed by atoms with van der Waals surface area (Å²) >= 11 is 0. The Morgan fingerprint density at radius 3 is 2.55 bits per heavy atom. The number of phenolic OH excluding ortho intramolecular Hbond substituents is 1. The predicted molar refractivity (Wildman–Crippen MR) is 112 cm³/mol. The lowest BCUT2D eigenvalue weighted by Gasteiger charge is -2.28. The number of methoxy groups -OCH3 is 2. The van der Waals surface area contributed by atoms with Crippen LogP contribution < -0.4 is 9.47 Å². The number of rotatable bonds is 7. The Kier molecular flexibility index (Phi) is 6.90. The molecule has 0 amide bonds. The minimum atomic E-state index is -0.327. The van der Waals surface area contributed by atoms with Crippen LogP contribution in [0.4, 0.5) is 0 Å². The molecule has 1 aliphatic heterocycles. The number of morpholine rings is 1. The second kappa shape index (κ2) is 9.58. The van der Waals surface area contributed by atoms with Crippen LogP contribution in [-0.4, -0.2) is 56.3 Å². The fourth-order valence-electron chi connectivity index (χ4n) is 3.41. The lowest BCUT2D eigenvalue weighted by atomic mass is 10.0. The molecule has 154 valence electrons. The van der Waals surface area contributed by atoms with Gasteiger partial charge in [-0.15, -0.1) is 0 Å². The molecular weight excluding hydrogens is 370 g/mol. The number of carbonyl (C=O) groups excluding carboxylic acids is 1. The normalized spacial score (nSPS) is 14.9. The topological polar surface area (TPSA) is 68.2 Å². The Morgan fingerprint density at radius 2 is 1.90 bits per heavy atom. The fraction of sp³-hybridized carbons (Fsp3) is 0.348. The van der Waals surface area contributed by atoms with E-state index >= 15 is 0 Å². The smallest absolute Gasteiger partial charge is 0.193 e. The molecule has 1 heterocycles. The fourth-order valence-corrected chi connectivity index (χ4v) is 3.41. The molecule has 6 nitrogen and oxygen atoms in total. The van der Waals surface area contributed by atoms with Crippen molar-refractivity contribution in [2.24, 2.45) is 0 Å². The van der Waals surface area contributed by atoms with Crippen LogP contribution in [0.25, 0.3) is 6.08 Å². The van der Waals surface area contributed by atoms with Gasteiger partial charge in [0, 0.05) is 25.7 Å². The molecule has 0 aliphatic carbocycles. The first-order valence-corrected chi connectivity index (χ1v) is 9.59. The summed E-state index contributed by atoms with van der Waals surface area (Å²) in [5.74, 6) is 0.340. The van der Waals surface area contributed by atoms with Gasteiger partial charge in [-0.1, -0.05) is 35.9 Å². The standard InChI is InChI=1S/C23H27NO5/c1-16-5-4-6-17(13-16)7-8-19(25)22-21(28-3)14-20(27-2)18(23(22)26)15-24-9-11-29-12-10-24/h4-8,13-14,26H,9-12,15H2,1-3H3/b8-7+. The Labute approximate surface area is 171 Å². The third kappa shape index (κ3) is 4.96. The van der Waals surface area contributed by atoms with Crippen LogP contribution >= 0.6 is 0 Å². The summed E-state index contributed by atoms with van der Waals surface area (Å²) in [5.41, 5.74) is 2.74. The molecule has 6 heteroatoms. The average molecular weight is 397 g/mol. The van der Waals surface area contributed by atoms with E-state index in [9.17, 15) is 9.90 Å². The first-order valence-electron chi connectivity index (χ1n) is 9.59. The molecule has 1 saturated heterocycles. The molecule has 0 bridgehead atoms. The molecule has 0 aromatic heterocycles. The number of carbonyl (C=O) groups is 1. The number of ether oxygens (including phenoxy) is 3. The zero-order chi connectivity index (χ0) is 20.8. The van der Waals surface area contributed by atoms with Gasteiger partial charge in [0.25, 0.3) is 0 Å². The van der Waals surface area contributed by atoms with E-state index in [1.54, 1.807) is 12.1 Å². The van der Waals surface area contributed by atoms with Gasteiger partial charge < -0.3 is 19.3 Å². The SMILES string of the molecule is COc1cc(OC)c(C(=O)/C=C/c2cccc(C)c2)c(O)c1CN1CCOCC1. The average Bonchev–Trinajstić information content (AvgIpc) is 2.74. The number of benzene rings is 2. The maximum Gasteiger partial charge on any atom is 0.193 e. The lowest BCUT2D eigenvalue weighted by Crippen LogP contribution is -2.35. The highest BCUT2D eigenvalue weighted by atomic mass is 16.5. The van der Waals surface area contributed by atoms with E-state index in [0.717, 1.165) is 24.2 Å². The molecule has 2 aromatic rings. The number of nitrogens with zero attached hydrogens (tertiary/aromatic N) is 1. The van der Waals surface area contributed by atoms with Crippen LogP contribution in [0.1, 0.15) is 27.0 Å². The van der Waals surface area contributed by atoms with Crippen LogP contribution in [0.3, 0.4) is 0 Å². The summed E-state index contributed by atoms with van der Waals surface area (Å²) in [5, 5.41) is 11.0. The van der Waals surface area contributed by atoms with Crippen molar-refractivity contribution in [2.45, 2.75) is 13.5 Å². The number of hydrogen-bond donors (Lipinski definition) is 1. The largest absolute Gasteiger partial charge is 0.507 e. The molecule has 0 atom stereocenters. The summed E-state index contributed by atoms with van der Waals surface area (Å²) in [4.78, 5) is 15.1. The minimum Gasteiger partial charge on any atom is -0.507 e. The van der Waals surface area contributed by atoms with Crippen molar-refractivity contribution in [3.05, 3.63) is 58.7 Å². The molecule has 1 N–H and O–H groups in total. The monoisotopic (exact) mass is 397 g/mol. The molecule has 1 fully saturated rings. The molecule has 2 aromatic carbocycles. The summed E-state index contributed by atoms with van der Waals surface area (Å²) in [7, 11) is 3.01. The van der Waals surface area contributed by atoms with Gasteiger partial charge in [0.05, 0.1) is 33.0 Å². The summed E-state index contributed by atoms with van der Waals surface area (Å²) in [6, 6.07) is 9.49. The van der Waals surface area contributed by atoms with Gasteiger partial charge >= 0.3 is 0 Å². The maximum atomic E-state index is 12.9. The van der Waals surface area contributed by atoms with E-state index < -0.39 is 0 Å². The molecule has 3 rings (SSSR count). The number of aromatic hydroxyl groups is 1. The highest BCUT2D eigenvalue weighted by Crippen LogP contribution is 2.39. The van der Waals surface area contributed by atoms with Crippen molar-refractivity contribution in [3.8, 4) is 17.2 Å². The maximum absolute atomic E-state index is 12.9. The summed E-state index contributed by atoms with van der Waals surface area (Å²) in [6.07, 6.45) is 3.19. The van der Waals surface area contributed by atoms with Gasteiger partial charge in [-0.25, -0.2) is 0 Å². The Bertz CT molecular complexity index is 900. The minimum absolute atomic E-state index is 0.105. The number of hydrogen-bond acceptors (Lipinski definition) is 6. The van der Waals surface area contributed by atoms with Gasteiger partial charge in [-0.2, -0.15) is 0 Å². The van der Waals surface area contributed by atoms with E-state index in [-0.39, 0.29) is 22.8 Å². The van der Waals surface area contributed by atoms with E-state index in [1.807, 2.05) is 31.2 Å². The van der Waals surface area contributed by atoms with Crippen molar-refractivity contribution in [1.82, 2.24) is 4.90 Å². The first-order chi connectivity index (χ1) is 14.0. The van der Waals surface area contributed by atoms with Crippen LogP contribution in [0.5, 0.6) is 17.2 Å². The lowest BCUT2D eigenvalue weighted by molar-refractivity contribution is 0.0335. The van der Waals surface area contributed by atoms with E-state index in [4.69, 9.17) is 14.2 Å². The quantitative estimate of drug-likeness (QED) is 0.570. The number of ketones is 1. The van der Waals surface area contributed by atoms with Crippen molar-refractivity contribution in [2.75, 3.05) is 40.5 Å². The van der Waals surface area contributed by atoms with Crippen LogP contribution in [0.2, 0.25) is 0 Å². The van der Waals surface area contributed by atoms with Crippen molar-refractivity contribution < 1.29 is 24.1 Å². The van der Waals surface area contributed by atoms with E-state index in [1.165, 1.54) is 20.3 Å². The second-order valence-corrected chi connectivity index (χ2v) is 6.98. The molecule has 29 heavy (non-hydrogen) atoms. The van der Waals surface area contributed by atoms with Crippen molar-refractivity contribution in [1.29, 1.82) is 0 Å². The molecule has 0 saturated carbocycles. The zero-order valence-electron chi connectivity index (χ0n) is 17.1. The molecule has 0 spiro atoms. The third-order valence-corrected chi connectivity index (χ3v) is 4.97. The number of allylic oxidation sites excluding steroid dienone is 1. The Hall–Kier alpha value is -2.83. The summed E-state index contributed by atoms with van der Waals surface area (Å²) < 4.78 is 16.2. The number of phenols is 1. The van der Waals surface area contributed by atoms with Crippen LogP contribution in [-0.2, 0) is 11.3 Å². The van der Waals surface area contributed by atoms with Gasteiger partial charge in [-0.05, 0) is 18.6 Å². The summed E-state index contributed by atoms with van der Waals surface area (Å²) in [6.45, 7) is 5.25. The molecule has 0 unspecified atom stereocenters. The predicted octanol–water partition coefficient (Wildman–Crippen LogP) is 3.45. The Morgan fingerprint density at radius 1 is 1.17 bits per heavy atom. The zero-order valence-corrected chi connectivity index (χ0v) is 17.1. The van der Waals surface area contributed by atoms with Gasteiger partial charge in [-0.3, -0.25) is 9.69 Å².